The molecule has 2 nitrogen and oxygen atoms in total. The van der Waals surface area contributed by atoms with E-state index < -0.39 is 12.5 Å². The first kappa shape index (κ1) is 15.4. The van der Waals surface area contributed by atoms with Gasteiger partial charge in [0.25, 0.3) is 6.43 Å². The normalized spacial score (nSPS) is 14.2. The van der Waals surface area contributed by atoms with Crippen molar-refractivity contribution in [2.24, 2.45) is 11.1 Å². The van der Waals surface area contributed by atoms with Crippen LogP contribution in [0.1, 0.15) is 32.4 Å². The Morgan fingerprint density at radius 1 is 1.30 bits per heavy atom. The minimum absolute atomic E-state index is 0.0560. The van der Waals surface area contributed by atoms with Crippen LogP contribution in [0.5, 0.6) is 0 Å². The second-order valence-corrected chi connectivity index (χ2v) is 7.21. The lowest BCUT2D eigenvalue weighted by Gasteiger charge is -2.20. The Labute approximate surface area is 126 Å². The van der Waals surface area contributed by atoms with Gasteiger partial charge in [0.2, 0.25) is 0 Å². The van der Waals surface area contributed by atoms with Gasteiger partial charge >= 0.3 is 0 Å². The van der Waals surface area contributed by atoms with Crippen molar-refractivity contribution in [3.05, 3.63) is 34.4 Å². The predicted molar refractivity (Wildman–Crippen MR) is 82.0 cm³/mol. The minimum atomic E-state index is -2.56. The summed E-state index contributed by atoms with van der Waals surface area (Å²) in [5.41, 5.74) is 7.14. The molecule has 0 spiro atoms. The number of benzene rings is 1. The molecule has 0 aliphatic rings. The van der Waals surface area contributed by atoms with Crippen LogP contribution in [-0.2, 0) is 6.54 Å². The highest BCUT2D eigenvalue weighted by Gasteiger charge is 2.23. The maximum atomic E-state index is 12.9. The van der Waals surface area contributed by atoms with E-state index in [0.29, 0.717) is 5.56 Å². The van der Waals surface area contributed by atoms with Gasteiger partial charge in [-0.25, -0.2) is 8.78 Å². The fourth-order valence-electron chi connectivity index (χ4n) is 2.34. The SMILES string of the molecule is CC(C)(C)Cn1cc(C(N)C(F)F)c2ccc(Br)cc21. The van der Waals surface area contributed by atoms with Gasteiger partial charge in [-0.15, -0.1) is 0 Å². The summed E-state index contributed by atoms with van der Waals surface area (Å²) in [4.78, 5) is 0. The van der Waals surface area contributed by atoms with Crippen molar-refractivity contribution in [1.82, 2.24) is 4.57 Å². The van der Waals surface area contributed by atoms with E-state index in [1.54, 1.807) is 6.20 Å². The number of fused-ring (bicyclic) bond motifs is 1. The van der Waals surface area contributed by atoms with Gasteiger partial charge in [0.1, 0.15) is 0 Å². The first-order valence-electron chi connectivity index (χ1n) is 6.51. The van der Waals surface area contributed by atoms with Crippen molar-refractivity contribution < 1.29 is 8.78 Å². The molecule has 0 fully saturated rings. The Kier molecular flexibility index (Phi) is 4.21. The van der Waals surface area contributed by atoms with Gasteiger partial charge in [-0.1, -0.05) is 42.8 Å². The average molecular weight is 345 g/mol. The number of rotatable bonds is 3. The molecule has 1 aromatic heterocycles. The summed E-state index contributed by atoms with van der Waals surface area (Å²) in [6.45, 7) is 7.09. The molecule has 1 aromatic carbocycles. The molecule has 110 valence electrons. The molecule has 1 heterocycles. The van der Waals surface area contributed by atoms with E-state index in [2.05, 4.69) is 36.7 Å². The zero-order chi connectivity index (χ0) is 15.1. The molecular weight excluding hydrogens is 326 g/mol. The van der Waals surface area contributed by atoms with Gasteiger partial charge in [0.15, 0.2) is 0 Å². The van der Waals surface area contributed by atoms with Crippen LogP contribution in [0.25, 0.3) is 10.9 Å². The van der Waals surface area contributed by atoms with Crippen molar-refractivity contribution in [3.8, 4) is 0 Å². The van der Waals surface area contributed by atoms with Crippen molar-refractivity contribution in [3.63, 3.8) is 0 Å². The lowest BCUT2D eigenvalue weighted by atomic mass is 9.97. The van der Waals surface area contributed by atoms with Gasteiger partial charge in [0.05, 0.1) is 6.04 Å². The Bertz CT molecular complexity index is 614. The molecule has 2 N–H and O–H groups in total. The molecule has 1 atom stereocenters. The fourth-order valence-corrected chi connectivity index (χ4v) is 2.69. The zero-order valence-corrected chi connectivity index (χ0v) is 13.4. The van der Waals surface area contributed by atoms with E-state index in [-0.39, 0.29) is 5.41 Å². The lowest BCUT2D eigenvalue weighted by molar-refractivity contribution is 0.117. The van der Waals surface area contributed by atoms with E-state index in [9.17, 15) is 8.78 Å². The highest BCUT2D eigenvalue weighted by Crippen LogP contribution is 2.32. The molecule has 0 radical (unpaired) electrons. The van der Waals surface area contributed by atoms with Crippen LogP contribution in [0.15, 0.2) is 28.9 Å². The average Bonchev–Trinajstić information content (AvgIpc) is 2.64. The van der Waals surface area contributed by atoms with Gasteiger partial charge in [-0.05, 0) is 17.5 Å². The molecule has 0 bridgehead atoms. The summed E-state index contributed by atoms with van der Waals surface area (Å²) in [5.74, 6) is 0. The molecular formula is C15H19BrF2N2. The highest BCUT2D eigenvalue weighted by molar-refractivity contribution is 9.10. The summed E-state index contributed by atoms with van der Waals surface area (Å²) in [5, 5.41) is 0.797. The van der Waals surface area contributed by atoms with Crippen LogP contribution in [-0.4, -0.2) is 11.0 Å². The van der Waals surface area contributed by atoms with E-state index in [1.165, 1.54) is 0 Å². The molecule has 20 heavy (non-hydrogen) atoms. The monoisotopic (exact) mass is 344 g/mol. The molecule has 0 amide bonds. The second-order valence-electron chi connectivity index (χ2n) is 6.29. The molecule has 0 saturated carbocycles. The highest BCUT2D eigenvalue weighted by atomic mass is 79.9. The van der Waals surface area contributed by atoms with Gasteiger partial charge < -0.3 is 10.3 Å². The quantitative estimate of drug-likeness (QED) is 0.858. The van der Waals surface area contributed by atoms with E-state index in [0.717, 1.165) is 21.9 Å². The van der Waals surface area contributed by atoms with Crippen LogP contribution >= 0.6 is 15.9 Å². The predicted octanol–water partition coefficient (Wildman–Crippen LogP) is 4.71. The van der Waals surface area contributed by atoms with E-state index in [4.69, 9.17) is 5.73 Å². The Hall–Kier alpha value is -0.940. The summed E-state index contributed by atoms with van der Waals surface area (Å²) in [6, 6.07) is 4.39. The number of alkyl halides is 2. The van der Waals surface area contributed by atoms with Crippen LogP contribution in [0, 0.1) is 5.41 Å². The third-order valence-corrected chi connectivity index (χ3v) is 3.64. The summed E-state index contributed by atoms with van der Waals surface area (Å²) < 4.78 is 28.8. The Morgan fingerprint density at radius 3 is 2.50 bits per heavy atom. The lowest BCUT2D eigenvalue weighted by Crippen LogP contribution is -2.19. The molecule has 0 saturated heterocycles. The molecule has 0 aliphatic carbocycles. The number of nitrogens with zero attached hydrogens (tertiary/aromatic N) is 1. The first-order chi connectivity index (χ1) is 9.19. The third kappa shape index (κ3) is 3.20. The number of aromatic nitrogens is 1. The first-order valence-corrected chi connectivity index (χ1v) is 7.30. The number of hydrogen-bond donors (Lipinski definition) is 1. The molecule has 0 aliphatic heterocycles. The van der Waals surface area contributed by atoms with Crippen LogP contribution in [0.4, 0.5) is 8.78 Å². The Balaban J connectivity index is 2.60. The Morgan fingerprint density at radius 2 is 1.95 bits per heavy atom. The van der Waals surface area contributed by atoms with Crippen molar-refractivity contribution >= 4 is 26.8 Å². The summed E-state index contributed by atoms with van der Waals surface area (Å²) >= 11 is 3.43. The smallest absolute Gasteiger partial charge is 0.257 e. The van der Waals surface area contributed by atoms with E-state index in [1.807, 2.05) is 22.8 Å². The number of halogens is 3. The second kappa shape index (κ2) is 5.45. The minimum Gasteiger partial charge on any atom is -0.347 e. The topological polar surface area (TPSA) is 30.9 Å². The van der Waals surface area contributed by atoms with Crippen molar-refractivity contribution in [2.75, 3.05) is 0 Å². The zero-order valence-electron chi connectivity index (χ0n) is 11.8. The standard InChI is InChI=1S/C15H19BrF2N2/c1-15(2,3)8-20-7-11(13(19)14(17)18)10-5-4-9(16)6-12(10)20/h4-7,13-14H,8,19H2,1-3H3. The van der Waals surface area contributed by atoms with Crippen LogP contribution < -0.4 is 5.73 Å². The largest absolute Gasteiger partial charge is 0.347 e. The van der Waals surface area contributed by atoms with Gasteiger partial charge in [0, 0.05) is 33.7 Å². The van der Waals surface area contributed by atoms with Gasteiger partial charge in [-0.3, -0.25) is 0 Å². The maximum Gasteiger partial charge on any atom is 0.257 e. The molecule has 2 rings (SSSR count). The van der Waals surface area contributed by atoms with Gasteiger partial charge in [-0.2, -0.15) is 0 Å². The van der Waals surface area contributed by atoms with Crippen LogP contribution in [0.2, 0.25) is 0 Å². The molecule has 2 aromatic rings. The summed E-state index contributed by atoms with van der Waals surface area (Å²) in [7, 11) is 0. The van der Waals surface area contributed by atoms with Crippen molar-refractivity contribution in [2.45, 2.75) is 39.8 Å². The number of hydrogen-bond acceptors (Lipinski definition) is 1. The third-order valence-electron chi connectivity index (χ3n) is 3.15. The summed E-state index contributed by atoms with van der Waals surface area (Å²) in [6.07, 6.45) is -0.800. The molecule has 5 heteroatoms. The number of nitrogens with two attached hydrogens (primary N) is 1. The van der Waals surface area contributed by atoms with Crippen molar-refractivity contribution in [1.29, 1.82) is 0 Å². The molecule has 1 unspecified atom stereocenters. The van der Waals surface area contributed by atoms with E-state index >= 15 is 0 Å². The van der Waals surface area contributed by atoms with Crippen LogP contribution in [0.3, 0.4) is 0 Å². The maximum absolute atomic E-state index is 12.9. The fraction of sp³-hybridized carbons (Fsp3) is 0.467.